The molecule has 0 amide bonds. The van der Waals surface area contributed by atoms with Crippen molar-refractivity contribution in [1.82, 2.24) is 19.5 Å². The molecule has 4 aromatic rings. The quantitative estimate of drug-likeness (QED) is 0.400. The molecule has 0 saturated carbocycles. The lowest BCUT2D eigenvalue weighted by Crippen LogP contribution is -2.60. The molecule has 2 aromatic carbocycles. The van der Waals surface area contributed by atoms with Gasteiger partial charge in [-0.1, -0.05) is 60.7 Å². The Morgan fingerprint density at radius 3 is 2.26 bits per heavy atom. The fourth-order valence-corrected chi connectivity index (χ4v) is 11.6. The molecular formula is C22H27N5O2Si2. The highest BCUT2D eigenvalue weighted by Gasteiger charge is 2.41. The number of benzene rings is 2. The van der Waals surface area contributed by atoms with Crippen molar-refractivity contribution in [3.05, 3.63) is 73.3 Å². The zero-order valence-electron chi connectivity index (χ0n) is 17.8. The van der Waals surface area contributed by atoms with Crippen molar-refractivity contribution in [1.29, 1.82) is 0 Å². The summed E-state index contributed by atoms with van der Waals surface area (Å²) in [5.74, 6) is 0.389. The number of rotatable bonds is 8. The van der Waals surface area contributed by atoms with Gasteiger partial charge >= 0.3 is 8.56 Å². The molecule has 2 heterocycles. The molecule has 0 fully saturated rings. The predicted molar refractivity (Wildman–Crippen MR) is 128 cm³/mol. The summed E-state index contributed by atoms with van der Waals surface area (Å²) >= 11 is 0. The van der Waals surface area contributed by atoms with Crippen LogP contribution in [0.1, 0.15) is 6.42 Å². The van der Waals surface area contributed by atoms with Crippen molar-refractivity contribution in [2.24, 2.45) is 0 Å². The summed E-state index contributed by atoms with van der Waals surface area (Å²) in [4.78, 5) is 24.0. The molecule has 4 rings (SSSR count). The number of fused-ring (bicyclic) bond motifs is 1. The Balaban J connectivity index is 1.56. The first-order chi connectivity index (χ1) is 14.9. The maximum atomic E-state index is 11.3. The van der Waals surface area contributed by atoms with Crippen LogP contribution >= 0.6 is 0 Å². The van der Waals surface area contributed by atoms with Gasteiger partial charge in [-0.05, 0) is 35.9 Å². The number of nitrogens with two attached hydrogens (primary N) is 1. The zero-order valence-corrected chi connectivity index (χ0v) is 19.8. The highest BCUT2D eigenvalue weighted by atomic mass is 28.4. The number of hydrogen-bond donors (Lipinski definition) is 2. The largest absolute Gasteiger partial charge is 0.429 e. The number of nitrogen functional groups attached to an aromatic ring is 1. The van der Waals surface area contributed by atoms with Gasteiger partial charge in [0.1, 0.15) is 11.8 Å². The minimum Gasteiger partial charge on any atom is -0.429 e. The van der Waals surface area contributed by atoms with Crippen LogP contribution in [0.25, 0.3) is 11.2 Å². The van der Waals surface area contributed by atoms with E-state index in [0.717, 1.165) is 29.8 Å². The van der Waals surface area contributed by atoms with Crippen molar-refractivity contribution < 1.29 is 8.91 Å². The number of hydrogen-bond acceptors (Lipinski definition) is 6. The normalized spacial score (nSPS) is 15.5. The molecule has 9 heteroatoms. The third kappa shape index (κ3) is 4.59. The number of aryl methyl sites for hydroxylation is 1. The summed E-state index contributed by atoms with van der Waals surface area (Å²) in [5.41, 5.74) is 7.27. The first kappa shape index (κ1) is 21.4. The second-order valence-corrected chi connectivity index (χ2v) is 14.9. The van der Waals surface area contributed by atoms with E-state index in [-0.39, 0.29) is 0 Å². The van der Waals surface area contributed by atoms with Crippen molar-refractivity contribution in [2.45, 2.75) is 32.1 Å². The van der Waals surface area contributed by atoms with E-state index in [1.165, 1.54) is 11.5 Å². The Morgan fingerprint density at radius 1 is 0.935 bits per heavy atom. The Hall–Kier alpha value is -2.86. The molecule has 2 aromatic heterocycles. The lowest BCUT2D eigenvalue weighted by atomic mass is 10.4. The van der Waals surface area contributed by atoms with Gasteiger partial charge in [-0.25, -0.2) is 15.0 Å². The van der Waals surface area contributed by atoms with Gasteiger partial charge in [0.05, 0.1) is 6.33 Å². The van der Waals surface area contributed by atoms with E-state index in [9.17, 15) is 4.80 Å². The topological polar surface area (TPSA) is 99.1 Å². The highest BCUT2D eigenvalue weighted by Crippen LogP contribution is 2.21. The number of anilines is 1. The van der Waals surface area contributed by atoms with Crippen LogP contribution < -0.4 is 16.1 Å². The Morgan fingerprint density at radius 2 is 1.58 bits per heavy atom. The zero-order chi connectivity index (χ0) is 21.9. The van der Waals surface area contributed by atoms with Crippen molar-refractivity contribution in [3.63, 3.8) is 0 Å². The van der Waals surface area contributed by atoms with Crippen molar-refractivity contribution >= 4 is 44.2 Å². The van der Waals surface area contributed by atoms with E-state index < -0.39 is 16.9 Å². The van der Waals surface area contributed by atoms with Crippen LogP contribution in [0.3, 0.4) is 0 Å². The van der Waals surface area contributed by atoms with E-state index in [2.05, 4.69) is 33.6 Å². The first-order valence-corrected chi connectivity index (χ1v) is 15.3. The highest BCUT2D eigenvalue weighted by molar-refractivity contribution is 6.95. The van der Waals surface area contributed by atoms with Crippen LogP contribution in [0.2, 0.25) is 19.1 Å². The number of nitrogens with zero attached hydrogens (tertiary/aromatic N) is 4. The molecule has 0 aliphatic heterocycles. The summed E-state index contributed by atoms with van der Waals surface area (Å²) in [5, 5.41) is 2.07. The summed E-state index contributed by atoms with van der Waals surface area (Å²) in [7, 11) is -5.49. The summed E-state index contributed by atoms with van der Waals surface area (Å²) < 4.78 is 8.69. The molecule has 0 spiro atoms. The smallest absolute Gasteiger partial charge is 0.356 e. The average molecular weight is 450 g/mol. The molecule has 2 atom stereocenters. The van der Waals surface area contributed by atoms with Crippen LogP contribution in [0.4, 0.5) is 5.82 Å². The standard InChI is InChI=1S/C22H27N5O2Si2/c1-30(18-10-5-3-6-11-18,29-31(2,28)19-12-7-4-8-13-19)15-9-14-27-17-26-20-21(23)24-16-25-22(20)27/h3-8,10-13,16-17,28H,9,14-15H2,1-2H3,(H2,23,24,25). The Kier molecular flexibility index (Phi) is 6.01. The van der Waals surface area contributed by atoms with E-state index in [1.807, 2.05) is 59.6 Å². The lowest BCUT2D eigenvalue weighted by molar-refractivity contribution is 0.396. The number of imidazole rings is 1. The van der Waals surface area contributed by atoms with E-state index in [0.29, 0.717) is 11.3 Å². The van der Waals surface area contributed by atoms with E-state index in [1.54, 1.807) is 6.33 Å². The van der Waals surface area contributed by atoms with Crippen molar-refractivity contribution in [3.8, 4) is 0 Å². The van der Waals surface area contributed by atoms with Crippen LogP contribution in [0, 0.1) is 0 Å². The van der Waals surface area contributed by atoms with Gasteiger partial charge < -0.3 is 19.2 Å². The molecule has 7 nitrogen and oxygen atoms in total. The molecule has 2 unspecified atom stereocenters. The van der Waals surface area contributed by atoms with Crippen LogP contribution in [-0.2, 0) is 10.7 Å². The minimum absolute atomic E-state index is 0.389. The second-order valence-electron chi connectivity index (χ2n) is 8.02. The molecule has 0 saturated heterocycles. The van der Waals surface area contributed by atoms with Gasteiger partial charge in [0.2, 0.25) is 8.32 Å². The van der Waals surface area contributed by atoms with Gasteiger partial charge in [0.25, 0.3) is 0 Å². The lowest BCUT2D eigenvalue weighted by Gasteiger charge is -2.35. The molecule has 0 aliphatic carbocycles. The third-order valence-electron chi connectivity index (χ3n) is 5.60. The second kappa shape index (κ2) is 8.71. The molecule has 0 bridgehead atoms. The molecular weight excluding hydrogens is 422 g/mol. The van der Waals surface area contributed by atoms with Crippen molar-refractivity contribution in [2.75, 3.05) is 5.73 Å². The fourth-order valence-electron chi connectivity index (χ4n) is 3.94. The van der Waals surface area contributed by atoms with E-state index in [4.69, 9.17) is 9.85 Å². The van der Waals surface area contributed by atoms with Crippen LogP contribution in [0.15, 0.2) is 73.3 Å². The molecule has 3 N–H and O–H groups in total. The van der Waals surface area contributed by atoms with Gasteiger partial charge in [-0.15, -0.1) is 0 Å². The molecule has 0 aliphatic rings. The van der Waals surface area contributed by atoms with Gasteiger partial charge in [0.15, 0.2) is 11.5 Å². The van der Waals surface area contributed by atoms with Gasteiger partial charge in [-0.2, -0.15) is 0 Å². The maximum absolute atomic E-state index is 11.3. The van der Waals surface area contributed by atoms with E-state index >= 15 is 0 Å². The molecule has 31 heavy (non-hydrogen) atoms. The minimum atomic E-state index is -3.06. The SMILES string of the molecule is C[Si](O)(O[Si](C)(CCCn1cnc2c(N)ncnc21)c1ccccc1)c1ccccc1. The fraction of sp³-hybridized carbons (Fsp3) is 0.227. The summed E-state index contributed by atoms with van der Waals surface area (Å²) in [6, 6.07) is 20.9. The predicted octanol–water partition coefficient (Wildman–Crippen LogP) is 2.27. The Labute approximate surface area is 184 Å². The summed E-state index contributed by atoms with van der Waals surface area (Å²) in [6.07, 6.45) is 4.09. The summed E-state index contributed by atoms with van der Waals surface area (Å²) in [6.45, 7) is 4.79. The van der Waals surface area contributed by atoms with Crippen LogP contribution in [0.5, 0.6) is 0 Å². The van der Waals surface area contributed by atoms with Crippen LogP contribution in [-0.4, -0.2) is 41.2 Å². The monoisotopic (exact) mass is 449 g/mol. The van der Waals surface area contributed by atoms with Gasteiger partial charge in [0, 0.05) is 6.54 Å². The van der Waals surface area contributed by atoms with Gasteiger partial charge in [-0.3, -0.25) is 0 Å². The molecule has 160 valence electrons. The Bertz CT molecular complexity index is 1150. The maximum Gasteiger partial charge on any atom is 0.356 e. The first-order valence-electron chi connectivity index (χ1n) is 10.3. The number of aromatic nitrogens is 4. The molecule has 0 radical (unpaired) electrons. The third-order valence-corrected chi connectivity index (χ3v) is 13.3. The average Bonchev–Trinajstić information content (AvgIpc) is 3.19.